The maximum Gasteiger partial charge on any atom is 0.187 e. The summed E-state index contributed by atoms with van der Waals surface area (Å²) < 4.78 is 36.0. The van der Waals surface area contributed by atoms with Crippen LogP contribution in [0, 0.1) is 44.3 Å². The summed E-state index contributed by atoms with van der Waals surface area (Å²) in [7, 11) is 0. The molecule has 8 rings (SSSR count). The van der Waals surface area contributed by atoms with E-state index in [0.29, 0.717) is 44.9 Å². The maximum atomic E-state index is 12.1. The lowest BCUT2D eigenvalue weighted by Gasteiger charge is -2.70. The van der Waals surface area contributed by atoms with Gasteiger partial charge in [0.15, 0.2) is 18.9 Å². The van der Waals surface area contributed by atoms with Gasteiger partial charge in [-0.2, -0.15) is 0 Å². The Morgan fingerprint density at radius 3 is 1.94 bits per heavy atom. The van der Waals surface area contributed by atoms with Crippen LogP contribution in [0.4, 0.5) is 0 Å². The van der Waals surface area contributed by atoms with E-state index in [0.717, 1.165) is 17.6 Å². The predicted molar refractivity (Wildman–Crippen MR) is 233 cm³/mol. The minimum absolute atomic E-state index is 0.00136. The number of ether oxygens (including phenoxy) is 6. The van der Waals surface area contributed by atoms with E-state index in [2.05, 4.69) is 39.8 Å². The molecule has 5 aliphatic carbocycles. The first-order valence-electron chi connectivity index (χ1n) is 24.3. The molecule has 19 heteroatoms. The van der Waals surface area contributed by atoms with Gasteiger partial charge in [-0.15, -0.1) is 0 Å². The second-order valence-electron chi connectivity index (χ2n) is 22.9. The van der Waals surface area contributed by atoms with Gasteiger partial charge in [-0.25, -0.2) is 0 Å². The minimum Gasteiger partial charge on any atom is -0.396 e. The first kappa shape index (κ1) is 52.1. The van der Waals surface area contributed by atoms with E-state index >= 15 is 0 Å². The number of allylic oxidation sites excluding steroid dienone is 3. The lowest BCUT2D eigenvalue weighted by Crippen LogP contribution is -2.67. The summed E-state index contributed by atoms with van der Waals surface area (Å²) in [5.41, 5.74) is -1.05. The zero-order valence-electron chi connectivity index (χ0n) is 39.6. The molecule has 3 saturated heterocycles. The van der Waals surface area contributed by atoms with Crippen molar-refractivity contribution in [3.05, 3.63) is 23.3 Å². The summed E-state index contributed by atoms with van der Waals surface area (Å²) in [5, 5.41) is 141. The van der Waals surface area contributed by atoms with Crippen LogP contribution in [0.15, 0.2) is 23.3 Å². The Hall–Kier alpha value is -1.28. The molecule has 3 saturated carbocycles. The van der Waals surface area contributed by atoms with Crippen LogP contribution in [0.2, 0.25) is 0 Å². The van der Waals surface area contributed by atoms with E-state index in [1.165, 1.54) is 6.92 Å². The molecule has 384 valence electrons. The molecule has 0 radical (unpaired) electrons. The summed E-state index contributed by atoms with van der Waals surface area (Å²) in [5.74, 6) is -0.121. The Morgan fingerprint density at radius 1 is 0.642 bits per heavy atom. The summed E-state index contributed by atoms with van der Waals surface area (Å²) >= 11 is 0. The van der Waals surface area contributed by atoms with Crippen LogP contribution >= 0.6 is 0 Å². The highest BCUT2D eigenvalue weighted by atomic mass is 16.8. The lowest BCUT2D eigenvalue weighted by atomic mass is 9.35. The Bertz CT molecular complexity index is 1840. The average Bonchev–Trinajstić information content (AvgIpc) is 3.30. The molecular weight excluding hydrogens is 881 g/mol. The van der Waals surface area contributed by atoms with Crippen molar-refractivity contribution in [3.8, 4) is 0 Å². The molecule has 0 aromatic heterocycles. The largest absolute Gasteiger partial charge is 0.396 e. The van der Waals surface area contributed by atoms with Gasteiger partial charge in [-0.3, -0.25) is 0 Å². The molecule has 8 aliphatic rings. The molecule has 0 unspecified atom stereocenters. The van der Waals surface area contributed by atoms with Crippen molar-refractivity contribution in [2.24, 2.45) is 44.3 Å². The number of hydrogen-bond donors (Lipinski definition) is 13. The van der Waals surface area contributed by atoms with Gasteiger partial charge >= 0.3 is 0 Å². The van der Waals surface area contributed by atoms with Gasteiger partial charge in [0.05, 0.1) is 44.7 Å². The Morgan fingerprint density at radius 2 is 1.28 bits per heavy atom. The molecule has 0 aromatic carbocycles. The SMILES string of the molecule is C[C@@H]1O[C@H](O[C@H]2[C@H](O)[C@H](O)[C@@H](O[C@H]3CC[C@]4(C)[C@H](CC[C@@]5(C)[C@@H]4C=CC4=C6C[C@](C)(CO)CC[C@@]6(CO)[C@@H](O)C[C@@]45C)[C@]3(C)CO)O[C@@H]2CO[C@@H]2O[C@@H](CO)[C@@H](O)[C@H](O)[C@@H]2O)[C@@H](O)[C@@H](O)[C@@H]1O. The van der Waals surface area contributed by atoms with Crippen molar-refractivity contribution in [2.75, 3.05) is 33.0 Å². The first-order valence-corrected chi connectivity index (χ1v) is 24.3. The van der Waals surface area contributed by atoms with Gasteiger partial charge in [-0.1, -0.05) is 52.3 Å². The third kappa shape index (κ3) is 8.06. The molecule has 67 heavy (non-hydrogen) atoms. The second kappa shape index (κ2) is 18.6. The number of fused-ring (bicyclic) bond motifs is 6. The molecule has 0 aromatic rings. The maximum absolute atomic E-state index is 12.1. The molecular formula is C48H78O19. The smallest absolute Gasteiger partial charge is 0.187 e. The molecule has 0 bridgehead atoms. The molecule has 6 fully saturated rings. The van der Waals surface area contributed by atoms with E-state index in [-0.39, 0.29) is 47.9 Å². The van der Waals surface area contributed by atoms with Crippen molar-refractivity contribution in [1.29, 1.82) is 0 Å². The molecule has 0 amide bonds. The third-order valence-corrected chi connectivity index (χ3v) is 19.2. The number of hydrogen-bond acceptors (Lipinski definition) is 19. The zero-order valence-corrected chi connectivity index (χ0v) is 39.6. The Balaban J connectivity index is 1.06. The number of aliphatic hydroxyl groups excluding tert-OH is 13. The van der Waals surface area contributed by atoms with E-state index < -0.39 is 134 Å². The van der Waals surface area contributed by atoms with Crippen LogP contribution in [0.5, 0.6) is 0 Å². The highest BCUT2D eigenvalue weighted by Gasteiger charge is 2.69. The van der Waals surface area contributed by atoms with Crippen LogP contribution < -0.4 is 0 Å². The topological polar surface area (TPSA) is 318 Å². The summed E-state index contributed by atoms with van der Waals surface area (Å²) in [6.07, 6.45) is -16.1. The number of rotatable bonds is 11. The standard InChI is InChI=1S/C48H78O19/c1-22-31(54)33(56)37(60)41(63-22)67-39-26(18-62-40-36(59)34(57)32(55)25(17-49)64-40)65-42(38(61)35(39)58)66-30-10-11-44(3)27(45(30,4)20-51)9-12-46(5)28(44)8-7-23-24-15-43(2,19-50)13-14-48(24,21-52)29(53)16-47(23,46)6/h7-8,22,25-42,49-61H,9-21H2,1-6H3/t22-,25-,26+,27-,28+,29-,30-,31+,32+,33-,34-,35+,36-,37-,38-,39+,40+,41+,42+,43+,44+,45-,46-,47-,48-/m0/s1. The summed E-state index contributed by atoms with van der Waals surface area (Å²) in [6, 6.07) is 0. The fourth-order valence-electron chi connectivity index (χ4n) is 14.5. The first-order chi connectivity index (χ1) is 31.4. The molecule has 13 N–H and O–H groups in total. The zero-order chi connectivity index (χ0) is 49.0. The van der Waals surface area contributed by atoms with Crippen molar-refractivity contribution < 1.29 is 94.8 Å². The van der Waals surface area contributed by atoms with E-state index in [9.17, 15) is 66.4 Å². The van der Waals surface area contributed by atoms with Crippen LogP contribution in [0.3, 0.4) is 0 Å². The molecule has 0 spiro atoms. The van der Waals surface area contributed by atoms with Gasteiger partial charge in [0.2, 0.25) is 0 Å². The van der Waals surface area contributed by atoms with Crippen LogP contribution in [-0.4, -0.2) is 204 Å². The lowest BCUT2D eigenvalue weighted by molar-refractivity contribution is -0.374. The minimum atomic E-state index is -1.83. The van der Waals surface area contributed by atoms with E-state index in [1.54, 1.807) is 0 Å². The summed E-state index contributed by atoms with van der Waals surface area (Å²) in [4.78, 5) is 0. The fraction of sp³-hybridized carbons (Fsp3) is 0.917. The Labute approximate surface area is 391 Å². The highest BCUT2D eigenvalue weighted by Crippen LogP contribution is 2.74. The second-order valence-corrected chi connectivity index (χ2v) is 22.9. The van der Waals surface area contributed by atoms with E-state index in [1.807, 2.05) is 6.92 Å². The van der Waals surface area contributed by atoms with Gasteiger partial charge in [0, 0.05) is 22.9 Å². The van der Waals surface area contributed by atoms with Crippen molar-refractivity contribution in [2.45, 2.75) is 197 Å². The highest BCUT2D eigenvalue weighted by molar-refractivity contribution is 5.47. The van der Waals surface area contributed by atoms with Gasteiger partial charge < -0.3 is 94.8 Å². The Kier molecular flexibility index (Phi) is 14.5. The third-order valence-electron chi connectivity index (χ3n) is 19.2. The van der Waals surface area contributed by atoms with Crippen molar-refractivity contribution in [1.82, 2.24) is 0 Å². The average molecular weight is 959 g/mol. The van der Waals surface area contributed by atoms with E-state index in [4.69, 9.17) is 28.4 Å². The molecule has 3 heterocycles. The van der Waals surface area contributed by atoms with Crippen LogP contribution in [-0.2, 0) is 28.4 Å². The van der Waals surface area contributed by atoms with Crippen LogP contribution in [0.1, 0.15) is 92.9 Å². The quantitative estimate of drug-likeness (QED) is 0.105. The van der Waals surface area contributed by atoms with Gasteiger partial charge in [0.1, 0.15) is 67.1 Å². The molecule has 19 nitrogen and oxygen atoms in total. The predicted octanol–water partition coefficient (Wildman–Crippen LogP) is -1.52. The number of aliphatic hydroxyl groups is 13. The van der Waals surface area contributed by atoms with Crippen molar-refractivity contribution >= 4 is 0 Å². The molecule has 3 aliphatic heterocycles. The molecule has 25 atom stereocenters. The van der Waals surface area contributed by atoms with Gasteiger partial charge in [0.25, 0.3) is 0 Å². The summed E-state index contributed by atoms with van der Waals surface area (Å²) in [6.45, 7) is 10.5. The normalized spacial score (nSPS) is 55.6. The van der Waals surface area contributed by atoms with Crippen LogP contribution in [0.25, 0.3) is 0 Å². The van der Waals surface area contributed by atoms with Gasteiger partial charge in [-0.05, 0) is 91.9 Å². The fourth-order valence-corrected chi connectivity index (χ4v) is 14.5. The monoisotopic (exact) mass is 959 g/mol. The van der Waals surface area contributed by atoms with Crippen molar-refractivity contribution in [3.63, 3.8) is 0 Å².